The van der Waals surface area contributed by atoms with Crippen molar-refractivity contribution < 1.29 is 0 Å². The lowest BCUT2D eigenvalue weighted by Crippen LogP contribution is -2.34. The number of nitrogens with one attached hydrogen (secondary N) is 1. The van der Waals surface area contributed by atoms with Crippen molar-refractivity contribution in [1.82, 2.24) is 0 Å². The quantitative estimate of drug-likeness (QED) is 0.826. The Hall–Kier alpha value is -1.76. The summed E-state index contributed by atoms with van der Waals surface area (Å²) in [6.07, 6.45) is 2.49. The van der Waals surface area contributed by atoms with E-state index in [1.54, 1.807) is 0 Å². The molecule has 0 saturated heterocycles. The second-order valence-corrected chi connectivity index (χ2v) is 6.22. The molecule has 0 atom stereocenters. The standard InChI is InChI=1S/C19H23N/c1-13-4-7-16(8-5-13)17-11-19(12-17)20-18-9-6-14(2)15(3)10-18/h4-10,17,19-20H,11-12H2,1-3H3. The zero-order chi connectivity index (χ0) is 14.1. The molecule has 0 unspecified atom stereocenters. The van der Waals surface area contributed by atoms with Gasteiger partial charge in [0, 0.05) is 11.7 Å². The molecular formula is C19H23N. The molecule has 0 spiro atoms. The average molecular weight is 265 g/mol. The maximum absolute atomic E-state index is 3.66. The number of hydrogen-bond acceptors (Lipinski definition) is 1. The summed E-state index contributed by atoms with van der Waals surface area (Å²) in [4.78, 5) is 0. The molecule has 1 saturated carbocycles. The number of benzene rings is 2. The number of rotatable bonds is 3. The third-order valence-corrected chi connectivity index (χ3v) is 4.56. The van der Waals surface area contributed by atoms with Gasteiger partial charge >= 0.3 is 0 Å². The first-order valence-corrected chi connectivity index (χ1v) is 7.52. The van der Waals surface area contributed by atoms with Gasteiger partial charge in [-0.3, -0.25) is 0 Å². The molecule has 1 N–H and O–H groups in total. The molecule has 1 aliphatic rings. The summed E-state index contributed by atoms with van der Waals surface area (Å²) >= 11 is 0. The molecule has 0 radical (unpaired) electrons. The number of hydrogen-bond donors (Lipinski definition) is 1. The molecule has 2 aromatic carbocycles. The van der Waals surface area contributed by atoms with Crippen molar-refractivity contribution in [1.29, 1.82) is 0 Å². The predicted octanol–water partition coefficient (Wildman–Crippen LogP) is 4.97. The smallest absolute Gasteiger partial charge is 0.0345 e. The van der Waals surface area contributed by atoms with E-state index in [2.05, 4.69) is 68.6 Å². The highest BCUT2D eigenvalue weighted by atomic mass is 14.9. The van der Waals surface area contributed by atoms with Gasteiger partial charge in [0.1, 0.15) is 0 Å². The van der Waals surface area contributed by atoms with Gasteiger partial charge in [0.25, 0.3) is 0 Å². The summed E-state index contributed by atoms with van der Waals surface area (Å²) in [5, 5.41) is 3.66. The fraction of sp³-hybridized carbons (Fsp3) is 0.368. The molecule has 2 aromatic rings. The van der Waals surface area contributed by atoms with Crippen molar-refractivity contribution in [2.75, 3.05) is 5.32 Å². The molecule has 20 heavy (non-hydrogen) atoms. The van der Waals surface area contributed by atoms with Crippen molar-refractivity contribution in [3.8, 4) is 0 Å². The maximum Gasteiger partial charge on any atom is 0.0345 e. The van der Waals surface area contributed by atoms with Gasteiger partial charge in [0.2, 0.25) is 0 Å². The zero-order valence-electron chi connectivity index (χ0n) is 12.6. The lowest BCUT2D eigenvalue weighted by Gasteiger charge is -2.37. The number of anilines is 1. The van der Waals surface area contributed by atoms with E-state index in [4.69, 9.17) is 0 Å². The summed E-state index contributed by atoms with van der Waals surface area (Å²) in [5.74, 6) is 0.736. The fourth-order valence-corrected chi connectivity index (χ4v) is 2.91. The van der Waals surface area contributed by atoms with Gasteiger partial charge in [0.15, 0.2) is 0 Å². The first-order valence-electron chi connectivity index (χ1n) is 7.52. The van der Waals surface area contributed by atoms with Gasteiger partial charge in [-0.2, -0.15) is 0 Å². The Balaban J connectivity index is 1.58. The molecule has 3 rings (SSSR count). The van der Waals surface area contributed by atoms with Crippen molar-refractivity contribution in [3.63, 3.8) is 0 Å². The highest BCUT2D eigenvalue weighted by molar-refractivity contribution is 5.49. The number of aryl methyl sites for hydroxylation is 3. The third kappa shape index (κ3) is 2.72. The van der Waals surface area contributed by atoms with Crippen molar-refractivity contribution >= 4 is 5.69 Å². The van der Waals surface area contributed by atoms with Crippen LogP contribution in [0.25, 0.3) is 0 Å². The molecular weight excluding hydrogens is 242 g/mol. The predicted molar refractivity (Wildman–Crippen MR) is 86.5 cm³/mol. The van der Waals surface area contributed by atoms with Crippen LogP contribution in [0.5, 0.6) is 0 Å². The van der Waals surface area contributed by atoms with Gasteiger partial charge < -0.3 is 5.32 Å². The summed E-state index contributed by atoms with van der Waals surface area (Å²) in [5.41, 5.74) is 6.83. The van der Waals surface area contributed by atoms with E-state index >= 15 is 0 Å². The minimum atomic E-state index is 0.628. The molecule has 1 heteroatoms. The fourth-order valence-electron chi connectivity index (χ4n) is 2.91. The van der Waals surface area contributed by atoms with Gasteiger partial charge in [-0.05, 0) is 68.4 Å². The van der Waals surface area contributed by atoms with Gasteiger partial charge in [-0.1, -0.05) is 35.9 Å². The van der Waals surface area contributed by atoms with E-state index in [0.29, 0.717) is 6.04 Å². The van der Waals surface area contributed by atoms with E-state index in [1.165, 1.54) is 40.8 Å². The Morgan fingerprint density at radius 2 is 1.55 bits per heavy atom. The van der Waals surface area contributed by atoms with Crippen LogP contribution < -0.4 is 5.32 Å². The third-order valence-electron chi connectivity index (χ3n) is 4.56. The van der Waals surface area contributed by atoms with Crippen molar-refractivity contribution in [2.24, 2.45) is 0 Å². The van der Waals surface area contributed by atoms with Crippen LogP contribution in [0.1, 0.15) is 41.0 Å². The van der Waals surface area contributed by atoms with Crippen LogP contribution in [0.4, 0.5) is 5.69 Å². The topological polar surface area (TPSA) is 12.0 Å². The molecule has 1 fully saturated rings. The largest absolute Gasteiger partial charge is 0.382 e. The van der Waals surface area contributed by atoms with E-state index in [-0.39, 0.29) is 0 Å². The molecule has 104 valence electrons. The van der Waals surface area contributed by atoms with Crippen molar-refractivity contribution in [3.05, 3.63) is 64.7 Å². The van der Waals surface area contributed by atoms with Crippen LogP contribution in [-0.4, -0.2) is 6.04 Å². The Labute approximate surface area is 122 Å². The molecule has 0 aliphatic heterocycles. The minimum Gasteiger partial charge on any atom is -0.382 e. The minimum absolute atomic E-state index is 0.628. The Morgan fingerprint density at radius 3 is 2.20 bits per heavy atom. The van der Waals surface area contributed by atoms with Gasteiger partial charge in [-0.25, -0.2) is 0 Å². The molecule has 1 aliphatic carbocycles. The van der Waals surface area contributed by atoms with Crippen LogP contribution >= 0.6 is 0 Å². The van der Waals surface area contributed by atoms with Gasteiger partial charge in [0.05, 0.1) is 0 Å². The van der Waals surface area contributed by atoms with Crippen LogP contribution in [0.3, 0.4) is 0 Å². The van der Waals surface area contributed by atoms with Crippen molar-refractivity contribution in [2.45, 2.75) is 45.6 Å². The summed E-state index contributed by atoms with van der Waals surface area (Å²) in [7, 11) is 0. The average Bonchev–Trinajstić information content (AvgIpc) is 2.39. The molecule has 0 amide bonds. The lowest BCUT2D eigenvalue weighted by molar-refractivity contribution is 0.374. The molecule has 0 heterocycles. The molecule has 0 bridgehead atoms. The summed E-state index contributed by atoms with van der Waals surface area (Å²) in [6, 6.07) is 16.3. The second kappa shape index (κ2) is 5.32. The first kappa shape index (κ1) is 13.2. The Kier molecular flexibility index (Phi) is 3.52. The molecule has 0 aromatic heterocycles. The highest BCUT2D eigenvalue weighted by Gasteiger charge is 2.30. The Morgan fingerprint density at radius 1 is 0.850 bits per heavy atom. The molecule has 1 nitrogen and oxygen atoms in total. The summed E-state index contributed by atoms with van der Waals surface area (Å²) in [6.45, 7) is 6.49. The van der Waals surface area contributed by atoms with Gasteiger partial charge in [-0.15, -0.1) is 0 Å². The zero-order valence-corrected chi connectivity index (χ0v) is 12.6. The van der Waals surface area contributed by atoms with Crippen LogP contribution in [0, 0.1) is 20.8 Å². The summed E-state index contributed by atoms with van der Waals surface area (Å²) < 4.78 is 0. The monoisotopic (exact) mass is 265 g/mol. The van der Waals surface area contributed by atoms with Crippen LogP contribution in [-0.2, 0) is 0 Å². The highest BCUT2D eigenvalue weighted by Crippen LogP contribution is 2.38. The van der Waals surface area contributed by atoms with E-state index < -0.39 is 0 Å². The normalized spacial score (nSPS) is 21.4. The second-order valence-electron chi connectivity index (χ2n) is 6.22. The van der Waals surface area contributed by atoms with E-state index in [9.17, 15) is 0 Å². The first-order chi connectivity index (χ1) is 9.61. The van der Waals surface area contributed by atoms with E-state index in [0.717, 1.165) is 5.92 Å². The Bertz CT molecular complexity index is 592. The lowest BCUT2D eigenvalue weighted by atomic mass is 9.75. The maximum atomic E-state index is 3.66. The van der Waals surface area contributed by atoms with Crippen LogP contribution in [0.2, 0.25) is 0 Å². The SMILES string of the molecule is Cc1ccc(C2CC(Nc3ccc(C)c(C)c3)C2)cc1. The van der Waals surface area contributed by atoms with Crippen LogP contribution in [0.15, 0.2) is 42.5 Å². The van der Waals surface area contributed by atoms with E-state index in [1.807, 2.05) is 0 Å².